The van der Waals surface area contributed by atoms with Crippen molar-refractivity contribution in [3.05, 3.63) is 72.8 Å². The van der Waals surface area contributed by atoms with E-state index in [2.05, 4.69) is 5.32 Å². The quantitative estimate of drug-likeness (QED) is 0.660. The second kappa shape index (κ2) is 5.83. The van der Waals surface area contributed by atoms with E-state index in [-0.39, 0.29) is 5.69 Å². The third-order valence-electron chi connectivity index (χ3n) is 2.74. The summed E-state index contributed by atoms with van der Waals surface area (Å²) in [5.74, 6) is 0. The molecule has 0 unspecified atom stereocenters. The van der Waals surface area contributed by atoms with E-state index in [1.807, 2.05) is 0 Å². The molecule has 0 saturated carbocycles. The first kappa shape index (κ1) is 14.8. The van der Waals surface area contributed by atoms with Gasteiger partial charge in [0.15, 0.2) is 0 Å². The normalized spacial score (nSPS) is 10.0. The van der Waals surface area contributed by atoms with Crippen LogP contribution >= 0.6 is 0 Å². The smallest absolute Gasteiger partial charge is 0.350 e. The number of hydrogen-bond acceptors (Lipinski definition) is 7. The molecule has 2 rings (SSSR count). The van der Waals surface area contributed by atoms with Gasteiger partial charge in [-0.3, -0.25) is 30.3 Å². The zero-order chi connectivity index (χ0) is 16.3. The highest BCUT2D eigenvalue weighted by Gasteiger charge is 2.38. The van der Waals surface area contributed by atoms with Gasteiger partial charge in [0.1, 0.15) is 5.69 Å². The van der Waals surface area contributed by atoms with Crippen LogP contribution in [0.3, 0.4) is 0 Å². The van der Waals surface area contributed by atoms with Gasteiger partial charge in [-0.1, -0.05) is 18.2 Å². The van der Waals surface area contributed by atoms with Crippen LogP contribution in [0.25, 0.3) is 0 Å². The molecule has 0 atom stereocenters. The lowest BCUT2D eigenvalue weighted by Gasteiger charge is -2.07. The molecule has 0 fully saturated rings. The van der Waals surface area contributed by atoms with Crippen LogP contribution in [0.5, 0.6) is 0 Å². The largest absolute Gasteiger partial charge is 0.424 e. The summed E-state index contributed by atoms with van der Waals surface area (Å²) in [4.78, 5) is 29.8. The van der Waals surface area contributed by atoms with Crippen LogP contribution in [0.15, 0.2) is 42.5 Å². The standard InChI is InChI=1S/C12H8N4O6/c17-14(18)10-7-6-9(13-8-4-2-1-3-5-8)11(15(19)20)12(10)16(21)22/h1-7,13H. The monoisotopic (exact) mass is 304 g/mol. The van der Waals surface area contributed by atoms with Gasteiger partial charge in [0, 0.05) is 11.8 Å². The second-order valence-electron chi connectivity index (χ2n) is 4.09. The number of para-hydroxylation sites is 1. The van der Waals surface area contributed by atoms with Gasteiger partial charge in [0.2, 0.25) is 0 Å². The summed E-state index contributed by atoms with van der Waals surface area (Å²) in [6.07, 6.45) is 0. The zero-order valence-corrected chi connectivity index (χ0v) is 10.8. The number of anilines is 2. The number of nitro groups is 3. The molecule has 22 heavy (non-hydrogen) atoms. The highest BCUT2D eigenvalue weighted by molar-refractivity contribution is 5.81. The molecular weight excluding hydrogens is 296 g/mol. The molecule has 2 aromatic rings. The molecule has 0 aliphatic carbocycles. The molecule has 0 aromatic heterocycles. The number of hydrogen-bond donors (Lipinski definition) is 1. The maximum Gasteiger partial charge on any atom is 0.424 e. The minimum atomic E-state index is -1.16. The molecule has 2 aromatic carbocycles. The predicted molar refractivity (Wildman–Crippen MR) is 76.1 cm³/mol. The van der Waals surface area contributed by atoms with Crippen molar-refractivity contribution in [2.45, 2.75) is 0 Å². The van der Waals surface area contributed by atoms with Crippen molar-refractivity contribution in [1.29, 1.82) is 0 Å². The molecule has 0 spiro atoms. The molecule has 1 N–H and O–H groups in total. The number of nitrogens with one attached hydrogen (secondary N) is 1. The van der Waals surface area contributed by atoms with E-state index in [0.717, 1.165) is 12.1 Å². The van der Waals surface area contributed by atoms with Crippen molar-refractivity contribution in [3.63, 3.8) is 0 Å². The first-order valence-corrected chi connectivity index (χ1v) is 5.84. The summed E-state index contributed by atoms with van der Waals surface area (Å²) >= 11 is 0. The Kier molecular flexibility index (Phi) is 3.93. The summed E-state index contributed by atoms with van der Waals surface area (Å²) in [7, 11) is 0. The van der Waals surface area contributed by atoms with Crippen molar-refractivity contribution in [3.8, 4) is 0 Å². The highest BCUT2D eigenvalue weighted by atomic mass is 16.6. The van der Waals surface area contributed by atoms with E-state index in [1.165, 1.54) is 0 Å². The number of benzene rings is 2. The van der Waals surface area contributed by atoms with Gasteiger partial charge in [-0.2, -0.15) is 0 Å². The summed E-state index contributed by atoms with van der Waals surface area (Å²) in [6.45, 7) is 0. The first-order valence-electron chi connectivity index (χ1n) is 5.84. The lowest BCUT2D eigenvalue weighted by Crippen LogP contribution is -2.04. The summed E-state index contributed by atoms with van der Waals surface area (Å²) in [6, 6.07) is 10.2. The van der Waals surface area contributed by atoms with Crippen molar-refractivity contribution in [2.24, 2.45) is 0 Å². The molecule has 0 heterocycles. The topological polar surface area (TPSA) is 141 Å². The molecule has 0 aliphatic rings. The lowest BCUT2D eigenvalue weighted by molar-refractivity contribution is -0.440. The Morgan fingerprint density at radius 1 is 0.727 bits per heavy atom. The molecular formula is C12H8N4O6. The lowest BCUT2D eigenvalue weighted by atomic mass is 10.2. The van der Waals surface area contributed by atoms with Gasteiger partial charge >= 0.3 is 17.1 Å². The maximum absolute atomic E-state index is 11.2. The van der Waals surface area contributed by atoms with Crippen LogP contribution in [0.4, 0.5) is 28.4 Å². The molecule has 0 amide bonds. The van der Waals surface area contributed by atoms with Crippen LogP contribution in [0, 0.1) is 30.3 Å². The van der Waals surface area contributed by atoms with Crippen molar-refractivity contribution in [2.75, 3.05) is 5.32 Å². The Morgan fingerprint density at radius 3 is 1.82 bits per heavy atom. The third kappa shape index (κ3) is 2.80. The predicted octanol–water partition coefficient (Wildman–Crippen LogP) is 3.15. The third-order valence-corrected chi connectivity index (χ3v) is 2.74. The van der Waals surface area contributed by atoms with Gasteiger partial charge in [-0.05, 0) is 18.2 Å². The van der Waals surface area contributed by atoms with E-state index in [4.69, 9.17) is 0 Å². The first-order chi connectivity index (χ1) is 10.4. The maximum atomic E-state index is 11.2. The Bertz CT molecular complexity index is 762. The van der Waals surface area contributed by atoms with Gasteiger partial charge in [-0.25, -0.2) is 0 Å². The van der Waals surface area contributed by atoms with Gasteiger partial charge in [0.25, 0.3) is 0 Å². The zero-order valence-electron chi connectivity index (χ0n) is 10.8. The van der Waals surface area contributed by atoms with Crippen LogP contribution in [-0.4, -0.2) is 14.8 Å². The molecule has 10 nitrogen and oxygen atoms in total. The van der Waals surface area contributed by atoms with Gasteiger partial charge in [0.05, 0.1) is 14.8 Å². The van der Waals surface area contributed by atoms with Crippen LogP contribution < -0.4 is 5.32 Å². The Morgan fingerprint density at radius 2 is 1.32 bits per heavy atom. The Labute approximate surface area is 122 Å². The van der Waals surface area contributed by atoms with Crippen LogP contribution in [0.2, 0.25) is 0 Å². The van der Waals surface area contributed by atoms with E-state index in [9.17, 15) is 30.3 Å². The Hall–Kier alpha value is -3.56. The summed E-state index contributed by atoms with van der Waals surface area (Å²) in [5.41, 5.74) is -2.79. The fraction of sp³-hybridized carbons (Fsp3) is 0. The second-order valence-corrected chi connectivity index (χ2v) is 4.09. The molecule has 0 radical (unpaired) electrons. The number of nitrogens with zero attached hydrogens (tertiary/aromatic N) is 3. The van der Waals surface area contributed by atoms with E-state index >= 15 is 0 Å². The molecule has 0 saturated heterocycles. The van der Waals surface area contributed by atoms with E-state index in [0.29, 0.717) is 5.69 Å². The minimum Gasteiger partial charge on any atom is -0.350 e. The van der Waals surface area contributed by atoms with Crippen molar-refractivity contribution >= 4 is 28.4 Å². The minimum absolute atomic E-state index is 0.200. The van der Waals surface area contributed by atoms with Gasteiger partial charge in [-0.15, -0.1) is 0 Å². The molecule has 112 valence electrons. The molecule has 0 bridgehead atoms. The summed E-state index contributed by atoms with van der Waals surface area (Å²) in [5, 5.41) is 35.7. The fourth-order valence-electron chi connectivity index (χ4n) is 1.86. The fourth-order valence-corrected chi connectivity index (χ4v) is 1.86. The average Bonchev–Trinajstić information content (AvgIpc) is 2.47. The SMILES string of the molecule is O=[N+]([O-])c1ccc(Nc2ccccc2)c([N+](=O)[O-])c1[N+](=O)[O-]. The number of rotatable bonds is 5. The molecule has 10 heteroatoms. The van der Waals surface area contributed by atoms with Crippen LogP contribution in [-0.2, 0) is 0 Å². The van der Waals surface area contributed by atoms with Gasteiger partial charge < -0.3 is 5.32 Å². The van der Waals surface area contributed by atoms with Crippen molar-refractivity contribution < 1.29 is 14.8 Å². The molecule has 0 aliphatic heterocycles. The highest BCUT2D eigenvalue weighted by Crippen LogP contribution is 2.42. The van der Waals surface area contributed by atoms with E-state index < -0.39 is 31.8 Å². The van der Waals surface area contributed by atoms with E-state index in [1.54, 1.807) is 30.3 Å². The van der Waals surface area contributed by atoms with Crippen molar-refractivity contribution in [1.82, 2.24) is 0 Å². The summed E-state index contributed by atoms with van der Waals surface area (Å²) < 4.78 is 0. The number of nitro benzene ring substituents is 3. The van der Waals surface area contributed by atoms with Crippen LogP contribution in [0.1, 0.15) is 0 Å². The average molecular weight is 304 g/mol. The Balaban J connectivity index is 2.65.